The van der Waals surface area contributed by atoms with Crippen LogP contribution in [0.4, 0.5) is 10.1 Å². The van der Waals surface area contributed by atoms with Crippen LogP contribution in [0.25, 0.3) is 11.0 Å². The normalized spacial score (nSPS) is 19.3. The number of carbonyl (C=O) groups is 2. The van der Waals surface area contributed by atoms with Crippen molar-refractivity contribution in [3.05, 3.63) is 65.2 Å². The lowest BCUT2D eigenvalue weighted by Gasteiger charge is -2.40. The first-order chi connectivity index (χ1) is 15.5. The van der Waals surface area contributed by atoms with Crippen LogP contribution in [0.15, 0.2) is 46.9 Å². The van der Waals surface area contributed by atoms with E-state index < -0.39 is 17.8 Å². The Hall–Kier alpha value is -3.19. The molecule has 1 saturated heterocycles. The van der Waals surface area contributed by atoms with E-state index >= 15 is 0 Å². The first-order valence-electron chi connectivity index (χ1n) is 11.0. The molecule has 1 unspecified atom stereocenters. The molecule has 0 aliphatic carbocycles. The lowest BCUT2D eigenvalue weighted by atomic mass is 9.94. The second kappa shape index (κ2) is 8.06. The molecule has 2 amide bonds. The van der Waals surface area contributed by atoms with E-state index in [2.05, 4.69) is 4.90 Å². The fourth-order valence-electron chi connectivity index (χ4n) is 4.79. The summed E-state index contributed by atoms with van der Waals surface area (Å²) < 4.78 is 20.1. The summed E-state index contributed by atoms with van der Waals surface area (Å²) in [4.78, 5) is 33.0. The molecule has 1 aromatic heterocycles. The van der Waals surface area contributed by atoms with E-state index in [0.29, 0.717) is 30.5 Å². The number of benzene rings is 2. The van der Waals surface area contributed by atoms with Crippen LogP contribution in [0.2, 0.25) is 0 Å². The molecule has 0 spiro atoms. The maximum Gasteiger partial charge on any atom is 0.295 e. The van der Waals surface area contributed by atoms with Gasteiger partial charge in [-0.3, -0.25) is 14.5 Å². The molecule has 1 fully saturated rings. The predicted molar refractivity (Wildman–Crippen MR) is 120 cm³/mol. The highest BCUT2D eigenvalue weighted by Crippen LogP contribution is 2.35. The van der Waals surface area contributed by atoms with Gasteiger partial charge < -0.3 is 14.2 Å². The van der Waals surface area contributed by atoms with Crippen molar-refractivity contribution in [2.75, 3.05) is 38.1 Å². The van der Waals surface area contributed by atoms with Crippen LogP contribution in [0.3, 0.4) is 0 Å². The monoisotopic (exact) mass is 435 g/mol. The molecule has 166 valence electrons. The summed E-state index contributed by atoms with van der Waals surface area (Å²) in [5.41, 5.74) is 2.39. The summed E-state index contributed by atoms with van der Waals surface area (Å²) in [6.45, 7) is 4.66. The number of halogens is 1. The van der Waals surface area contributed by atoms with Crippen molar-refractivity contribution in [1.82, 2.24) is 9.80 Å². The Morgan fingerprint density at radius 3 is 2.53 bits per heavy atom. The Labute approximate surface area is 186 Å². The molecule has 0 bridgehead atoms. The minimum atomic E-state index is -0.613. The number of nitrogens with zero attached hydrogens (tertiary/aromatic N) is 3. The number of fused-ring (bicyclic) bond motifs is 2. The van der Waals surface area contributed by atoms with Gasteiger partial charge in [0.2, 0.25) is 5.91 Å². The van der Waals surface area contributed by atoms with Crippen molar-refractivity contribution in [3.8, 4) is 0 Å². The van der Waals surface area contributed by atoms with Gasteiger partial charge in [-0.25, -0.2) is 4.39 Å². The van der Waals surface area contributed by atoms with Gasteiger partial charge in [-0.15, -0.1) is 0 Å². The number of furan rings is 1. The molecule has 2 aliphatic heterocycles. The molecular formula is C25H26FN3O3. The molecule has 0 radical (unpaired) electrons. The fraction of sp³-hybridized carbons (Fsp3) is 0.360. The van der Waals surface area contributed by atoms with Gasteiger partial charge in [-0.05, 0) is 44.5 Å². The van der Waals surface area contributed by atoms with Gasteiger partial charge in [0.15, 0.2) is 17.2 Å². The molecule has 3 aromatic rings. The number of carbonyl (C=O) groups excluding carboxylic acids is 2. The molecule has 0 saturated carbocycles. The van der Waals surface area contributed by atoms with E-state index in [1.807, 2.05) is 36.2 Å². The van der Waals surface area contributed by atoms with Crippen LogP contribution in [0, 0.1) is 12.7 Å². The van der Waals surface area contributed by atoms with Gasteiger partial charge in [-0.2, -0.15) is 0 Å². The first-order valence-corrected chi connectivity index (χ1v) is 11.0. The number of rotatable bonds is 2. The smallest absolute Gasteiger partial charge is 0.295 e. The van der Waals surface area contributed by atoms with E-state index in [-0.39, 0.29) is 17.3 Å². The Kier molecular flexibility index (Phi) is 5.21. The Bertz CT molecular complexity index is 1200. The summed E-state index contributed by atoms with van der Waals surface area (Å²) in [5.74, 6) is -0.870. The summed E-state index contributed by atoms with van der Waals surface area (Å²) in [7, 11) is 2.04. The molecule has 7 heteroatoms. The van der Waals surface area contributed by atoms with Gasteiger partial charge in [0.05, 0.1) is 0 Å². The topological polar surface area (TPSA) is 57.0 Å². The highest BCUT2D eigenvalue weighted by molar-refractivity contribution is 6.11. The van der Waals surface area contributed by atoms with Crippen LogP contribution in [0.1, 0.15) is 28.1 Å². The van der Waals surface area contributed by atoms with E-state index in [4.69, 9.17) is 4.42 Å². The molecule has 5 rings (SSSR count). The zero-order valence-corrected chi connectivity index (χ0v) is 18.3. The van der Waals surface area contributed by atoms with E-state index in [1.54, 1.807) is 24.0 Å². The molecule has 32 heavy (non-hydrogen) atoms. The number of para-hydroxylation sites is 2. The number of likely N-dealkylation sites (N-methyl/N-ethyl adjacent to an activating group) is 1. The third-order valence-corrected chi connectivity index (χ3v) is 6.68. The molecule has 0 N–H and O–H groups in total. The molecule has 6 nitrogen and oxygen atoms in total. The highest BCUT2D eigenvalue weighted by Gasteiger charge is 2.40. The average Bonchev–Trinajstić information content (AvgIpc) is 3.16. The van der Waals surface area contributed by atoms with Crippen molar-refractivity contribution in [3.63, 3.8) is 0 Å². The summed E-state index contributed by atoms with van der Waals surface area (Å²) in [6, 6.07) is 11.7. The number of aryl methyl sites for hydroxylation is 2. The van der Waals surface area contributed by atoms with Crippen LogP contribution in [0.5, 0.6) is 0 Å². The Morgan fingerprint density at radius 2 is 1.78 bits per heavy atom. The second-order valence-corrected chi connectivity index (χ2v) is 8.66. The first kappa shape index (κ1) is 20.7. The fourth-order valence-corrected chi connectivity index (χ4v) is 4.79. The van der Waals surface area contributed by atoms with Crippen molar-refractivity contribution in [2.24, 2.45) is 0 Å². The third kappa shape index (κ3) is 3.37. The van der Waals surface area contributed by atoms with Gasteiger partial charge in [0.25, 0.3) is 5.91 Å². The molecule has 1 atom stereocenters. The highest BCUT2D eigenvalue weighted by atomic mass is 19.1. The maximum atomic E-state index is 14.3. The number of amides is 2. The largest absolute Gasteiger partial charge is 0.448 e. The van der Waals surface area contributed by atoms with Crippen molar-refractivity contribution < 1.29 is 18.4 Å². The Morgan fingerprint density at radius 1 is 1.03 bits per heavy atom. The lowest BCUT2D eigenvalue weighted by molar-refractivity contribution is -0.134. The zero-order chi connectivity index (χ0) is 22.4. The average molecular weight is 435 g/mol. The second-order valence-electron chi connectivity index (χ2n) is 8.66. The van der Waals surface area contributed by atoms with Crippen LogP contribution in [-0.2, 0) is 11.2 Å². The minimum Gasteiger partial charge on any atom is -0.448 e. The number of hydrogen-bond acceptors (Lipinski definition) is 4. The van der Waals surface area contributed by atoms with E-state index in [9.17, 15) is 14.0 Å². The number of anilines is 1. The van der Waals surface area contributed by atoms with Gasteiger partial charge in [0.1, 0.15) is 6.04 Å². The molecule has 2 aliphatic rings. The van der Waals surface area contributed by atoms with Gasteiger partial charge >= 0.3 is 0 Å². The quantitative estimate of drug-likeness (QED) is 0.617. The van der Waals surface area contributed by atoms with Crippen molar-refractivity contribution in [2.45, 2.75) is 25.8 Å². The number of hydrogen-bond donors (Lipinski definition) is 0. The van der Waals surface area contributed by atoms with E-state index in [0.717, 1.165) is 30.8 Å². The SMILES string of the molecule is Cc1c(C(=O)N2c3ccccc3CCC2C(=O)N2CCN(C)CC2)oc2c(F)cccc12. The van der Waals surface area contributed by atoms with Crippen LogP contribution >= 0.6 is 0 Å². The minimum absolute atomic E-state index is 0.0408. The molecule has 3 heterocycles. The lowest BCUT2D eigenvalue weighted by Crippen LogP contribution is -2.57. The van der Waals surface area contributed by atoms with Crippen molar-refractivity contribution in [1.29, 1.82) is 0 Å². The van der Waals surface area contributed by atoms with Crippen LogP contribution in [-0.4, -0.2) is 60.9 Å². The summed E-state index contributed by atoms with van der Waals surface area (Å²) in [5, 5.41) is 0.570. The zero-order valence-electron chi connectivity index (χ0n) is 18.3. The predicted octanol–water partition coefficient (Wildman–Crippen LogP) is 3.62. The van der Waals surface area contributed by atoms with Crippen molar-refractivity contribution >= 4 is 28.5 Å². The van der Waals surface area contributed by atoms with Crippen LogP contribution < -0.4 is 4.90 Å². The standard InChI is InChI=1S/C25H26FN3O3/c1-16-18-7-5-8-19(26)23(18)32-22(16)25(31)29-20-9-4-3-6-17(20)10-11-21(29)24(30)28-14-12-27(2)13-15-28/h3-9,21H,10-15H2,1-2H3. The Balaban J connectivity index is 1.56. The van der Waals surface area contributed by atoms with Gasteiger partial charge in [0, 0.05) is 42.8 Å². The summed E-state index contributed by atoms with van der Waals surface area (Å²) in [6.07, 6.45) is 1.26. The van der Waals surface area contributed by atoms with E-state index in [1.165, 1.54) is 6.07 Å². The maximum absolute atomic E-state index is 14.3. The molecule has 2 aromatic carbocycles. The van der Waals surface area contributed by atoms with Gasteiger partial charge in [-0.1, -0.05) is 30.3 Å². The molecular weight excluding hydrogens is 409 g/mol. The third-order valence-electron chi connectivity index (χ3n) is 6.68. The number of piperazine rings is 1. The summed E-state index contributed by atoms with van der Waals surface area (Å²) >= 11 is 0.